The molecule has 0 bridgehead atoms. The number of aliphatic hydroxyl groups is 1. The van der Waals surface area contributed by atoms with Crippen molar-refractivity contribution >= 4 is 39.5 Å². The minimum Gasteiger partial charge on any atom is -0.462 e. The van der Waals surface area contributed by atoms with Crippen molar-refractivity contribution in [2.24, 2.45) is 5.92 Å². The van der Waals surface area contributed by atoms with Gasteiger partial charge in [0.1, 0.15) is 19.3 Å². The van der Waals surface area contributed by atoms with Crippen LogP contribution in [0, 0.1) is 5.92 Å². The minimum absolute atomic E-state index is 0.103. The molecule has 17 nitrogen and oxygen atoms in total. The molecule has 81 heavy (non-hydrogen) atoms. The van der Waals surface area contributed by atoms with Crippen LogP contribution in [0.2, 0.25) is 0 Å². The molecule has 3 unspecified atom stereocenters. The second kappa shape index (κ2) is 55.9. The van der Waals surface area contributed by atoms with Crippen LogP contribution in [0.3, 0.4) is 0 Å². The molecule has 0 spiro atoms. The highest BCUT2D eigenvalue weighted by molar-refractivity contribution is 7.47. The average Bonchev–Trinajstić information content (AvgIpc) is 3.44. The summed E-state index contributed by atoms with van der Waals surface area (Å²) in [7, 11) is -9.88. The predicted molar refractivity (Wildman–Crippen MR) is 322 cm³/mol. The zero-order chi connectivity index (χ0) is 59.9. The maximum atomic E-state index is 12.9. The van der Waals surface area contributed by atoms with Gasteiger partial charge in [0, 0.05) is 25.7 Å². The molecule has 0 aliphatic heterocycles. The standard InChI is InChI=1S/C62H120O17P2/c1-6-10-13-16-19-22-24-27-30-36-41-46-60(65)73-51-57(78-61(66)47-42-37-31-28-25-23-20-17-14-11-7-2)53-76-80(68,69)74-49-56(63)50-75-81(70,71)77-54-58(52-72-59(64)45-40-35-29-26-21-18-15-12-8-3)79-62(67)48-43-38-33-32-34-39-44-55(5)9-4/h55-58,63H,6-54H2,1-5H3,(H,68,69)(H,70,71)/t55?,56-,57-,58-/m1/s1. The summed E-state index contributed by atoms with van der Waals surface area (Å²) in [5.41, 5.74) is 0. The van der Waals surface area contributed by atoms with Gasteiger partial charge in [-0.25, -0.2) is 9.13 Å². The lowest BCUT2D eigenvalue weighted by Crippen LogP contribution is -2.30. The lowest BCUT2D eigenvalue weighted by atomic mass is 10.00. The number of hydrogen-bond acceptors (Lipinski definition) is 15. The van der Waals surface area contributed by atoms with Crippen LogP contribution < -0.4 is 0 Å². The van der Waals surface area contributed by atoms with Gasteiger partial charge in [-0.1, -0.05) is 259 Å². The van der Waals surface area contributed by atoms with E-state index >= 15 is 0 Å². The molecule has 6 atom stereocenters. The van der Waals surface area contributed by atoms with Gasteiger partial charge in [0.25, 0.3) is 0 Å². The molecular weight excluding hydrogens is 1080 g/mol. The van der Waals surface area contributed by atoms with Crippen LogP contribution in [-0.4, -0.2) is 96.7 Å². The highest BCUT2D eigenvalue weighted by Gasteiger charge is 2.30. The highest BCUT2D eigenvalue weighted by Crippen LogP contribution is 2.45. The maximum absolute atomic E-state index is 12.9. The van der Waals surface area contributed by atoms with Crippen molar-refractivity contribution in [3.63, 3.8) is 0 Å². The van der Waals surface area contributed by atoms with Gasteiger partial charge in [0.2, 0.25) is 0 Å². The summed E-state index contributed by atoms with van der Waals surface area (Å²) in [6.07, 6.45) is 38.9. The first kappa shape index (κ1) is 79.1. The van der Waals surface area contributed by atoms with Gasteiger partial charge in [0.15, 0.2) is 12.2 Å². The Hall–Kier alpha value is -1.94. The third-order valence-electron chi connectivity index (χ3n) is 14.6. The highest BCUT2D eigenvalue weighted by atomic mass is 31.2. The normalized spacial score (nSPS) is 14.6. The third-order valence-corrected chi connectivity index (χ3v) is 16.5. The first-order valence-corrected chi connectivity index (χ1v) is 35.7. The minimum atomic E-state index is -4.94. The summed E-state index contributed by atoms with van der Waals surface area (Å²) >= 11 is 0. The fraction of sp³-hybridized carbons (Fsp3) is 0.935. The Bertz CT molecular complexity index is 1590. The van der Waals surface area contributed by atoms with Crippen molar-refractivity contribution in [1.82, 2.24) is 0 Å². The molecule has 0 aromatic carbocycles. The van der Waals surface area contributed by atoms with Gasteiger partial charge in [-0.2, -0.15) is 0 Å². The molecular formula is C62H120O17P2. The SMILES string of the molecule is CCCCCCCCCCCCCC(=O)OC[C@H](COP(=O)(O)OC[C@@H](O)COP(=O)(O)OC[C@@H](COC(=O)CCCCCCCCCCC)OC(=O)CCCCCCCCC(C)CC)OC(=O)CCCCCCCCCCCCC. The molecule has 0 aromatic heterocycles. The number of ether oxygens (including phenoxy) is 4. The Balaban J connectivity index is 5.24. The van der Waals surface area contributed by atoms with Crippen LogP contribution in [0.4, 0.5) is 0 Å². The average molecular weight is 1200 g/mol. The molecule has 0 fully saturated rings. The van der Waals surface area contributed by atoms with Crippen LogP contribution in [0.25, 0.3) is 0 Å². The van der Waals surface area contributed by atoms with E-state index in [0.717, 1.165) is 95.8 Å². The zero-order valence-corrected chi connectivity index (χ0v) is 53.7. The van der Waals surface area contributed by atoms with Crippen LogP contribution in [0.5, 0.6) is 0 Å². The Labute approximate surface area is 492 Å². The second-order valence-electron chi connectivity index (χ2n) is 22.7. The van der Waals surface area contributed by atoms with Gasteiger partial charge in [-0.05, 0) is 31.6 Å². The van der Waals surface area contributed by atoms with Gasteiger partial charge >= 0.3 is 39.5 Å². The molecule has 0 aromatic rings. The predicted octanol–water partition coefficient (Wildman–Crippen LogP) is 17.0. The van der Waals surface area contributed by atoms with Crippen LogP contribution in [0.15, 0.2) is 0 Å². The topological polar surface area (TPSA) is 237 Å². The summed E-state index contributed by atoms with van der Waals surface area (Å²) < 4.78 is 67.9. The second-order valence-corrected chi connectivity index (χ2v) is 25.6. The van der Waals surface area contributed by atoms with E-state index in [9.17, 15) is 43.2 Å². The van der Waals surface area contributed by atoms with Gasteiger partial charge in [-0.15, -0.1) is 0 Å². The van der Waals surface area contributed by atoms with E-state index in [0.29, 0.717) is 25.7 Å². The number of carbonyl (C=O) groups excluding carboxylic acids is 4. The van der Waals surface area contributed by atoms with E-state index in [2.05, 4.69) is 34.6 Å². The summed E-state index contributed by atoms with van der Waals surface area (Å²) in [4.78, 5) is 72.1. The van der Waals surface area contributed by atoms with Crippen molar-refractivity contribution in [3.05, 3.63) is 0 Å². The molecule has 19 heteroatoms. The Kier molecular flexibility index (Phi) is 54.6. The number of unbranched alkanes of at least 4 members (excludes halogenated alkanes) is 33. The summed E-state index contributed by atoms with van der Waals surface area (Å²) in [5.74, 6) is -1.42. The van der Waals surface area contributed by atoms with E-state index in [1.807, 2.05) is 0 Å². The fourth-order valence-electron chi connectivity index (χ4n) is 9.20. The first-order valence-electron chi connectivity index (χ1n) is 32.7. The fourth-order valence-corrected chi connectivity index (χ4v) is 10.8. The summed E-state index contributed by atoms with van der Waals surface area (Å²) in [6, 6.07) is 0. The van der Waals surface area contributed by atoms with Crippen LogP contribution in [0.1, 0.15) is 311 Å². The quantitative estimate of drug-likeness (QED) is 0.0222. The van der Waals surface area contributed by atoms with E-state index < -0.39 is 97.5 Å². The van der Waals surface area contributed by atoms with E-state index in [1.54, 1.807) is 0 Å². The largest absolute Gasteiger partial charge is 0.472 e. The summed E-state index contributed by atoms with van der Waals surface area (Å²) in [5, 5.41) is 10.5. The van der Waals surface area contributed by atoms with Crippen LogP contribution >= 0.6 is 15.6 Å². The zero-order valence-electron chi connectivity index (χ0n) is 51.9. The number of phosphoric acid groups is 2. The lowest BCUT2D eigenvalue weighted by molar-refractivity contribution is -0.161. The third kappa shape index (κ3) is 55.7. The smallest absolute Gasteiger partial charge is 0.462 e. The van der Waals surface area contributed by atoms with Crippen molar-refractivity contribution in [1.29, 1.82) is 0 Å². The Morgan fingerprint density at radius 3 is 0.877 bits per heavy atom. The van der Waals surface area contributed by atoms with E-state index in [-0.39, 0.29) is 25.7 Å². The number of esters is 4. The molecule has 480 valence electrons. The number of phosphoric ester groups is 2. The molecule has 0 aliphatic carbocycles. The van der Waals surface area contributed by atoms with E-state index in [1.165, 1.54) is 135 Å². The number of hydrogen-bond donors (Lipinski definition) is 3. The van der Waals surface area contributed by atoms with Crippen LogP contribution in [-0.2, 0) is 65.4 Å². The van der Waals surface area contributed by atoms with Gasteiger partial charge in [0.05, 0.1) is 26.4 Å². The lowest BCUT2D eigenvalue weighted by Gasteiger charge is -2.21. The molecule has 0 rings (SSSR count). The van der Waals surface area contributed by atoms with Crippen molar-refractivity contribution in [3.8, 4) is 0 Å². The van der Waals surface area contributed by atoms with Crippen molar-refractivity contribution in [2.45, 2.75) is 329 Å². The first-order chi connectivity index (χ1) is 39.1. The van der Waals surface area contributed by atoms with Crippen molar-refractivity contribution < 1.29 is 80.2 Å². The molecule has 0 heterocycles. The molecule has 0 saturated carbocycles. The van der Waals surface area contributed by atoms with Crippen molar-refractivity contribution in [2.75, 3.05) is 39.6 Å². The molecule has 3 N–H and O–H groups in total. The maximum Gasteiger partial charge on any atom is 0.472 e. The molecule has 0 saturated heterocycles. The monoisotopic (exact) mass is 1200 g/mol. The molecule has 0 radical (unpaired) electrons. The Morgan fingerprint density at radius 2 is 0.593 bits per heavy atom. The van der Waals surface area contributed by atoms with Gasteiger partial charge < -0.3 is 33.8 Å². The molecule has 0 aliphatic rings. The number of aliphatic hydroxyl groups excluding tert-OH is 1. The molecule has 0 amide bonds. The Morgan fingerprint density at radius 1 is 0.346 bits per heavy atom. The summed E-state index contributed by atoms with van der Waals surface area (Å²) in [6.45, 7) is 7.11. The number of rotatable bonds is 62. The van der Waals surface area contributed by atoms with E-state index in [4.69, 9.17) is 37.0 Å². The van der Waals surface area contributed by atoms with Gasteiger partial charge in [-0.3, -0.25) is 37.3 Å². The number of carbonyl (C=O) groups is 4.